The van der Waals surface area contributed by atoms with Gasteiger partial charge in [-0.3, -0.25) is 0 Å². The highest BCUT2D eigenvalue weighted by atomic mass is 16.6. The van der Waals surface area contributed by atoms with Gasteiger partial charge in [0, 0.05) is 12.1 Å². The van der Waals surface area contributed by atoms with Crippen LogP contribution in [0, 0.1) is 10.4 Å². The highest BCUT2D eigenvalue weighted by Gasteiger charge is 2.20. The fourth-order valence-corrected chi connectivity index (χ4v) is 1.83. The summed E-state index contributed by atoms with van der Waals surface area (Å²) < 4.78 is 0. The Labute approximate surface area is 113 Å². The lowest BCUT2D eigenvalue weighted by atomic mass is 10.0. The van der Waals surface area contributed by atoms with E-state index in [2.05, 4.69) is 10.6 Å². The number of hydrogen-bond acceptors (Lipinski definition) is 4. The van der Waals surface area contributed by atoms with E-state index in [9.17, 15) is 10.4 Å². The first-order valence-electron chi connectivity index (χ1n) is 5.52. The normalized spacial score (nSPS) is 12.4. The lowest BCUT2D eigenvalue weighted by Gasteiger charge is -2.07. The molecular formula is C12H10N4O4. The van der Waals surface area contributed by atoms with Crippen LogP contribution in [-0.2, 0) is 0 Å². The van der Waals surface area contributed by atoms with Crippen LogP contribution in [0.2, 0.25) is 0 Å². The summed E-state index contributed by atoms with van der Waals surface area (Å²) in [4.78, 5) is 0.0503. The van der Waals surface area contributed by atoms with Gasteiger partial charge in [-0.25, -0.2) is 0 Å². The maximum absolute atomic E-state index is 11.5. The number of nitrogens with zero attached hydrogens (tertiary/aromatic N) is 4. The number of benzene rings is 2. The Bertz CT molecular complexity index is 625. The summed E-state index contributed by atoms with van der Waals surface area (Å²) in [6, 6.07) is 12.5. The van der Waals surface area contributed by atoms with Gasteiger partial charge in [-0.1, -0.05) is 24.3 Å². The van der Waals surface area contributed by atoms with Crippen molar-refractivity contribution in [2.45, 2.75) is 0 Å². The minimum atomic E-state index is 0.0251. The van der Waals surface area contributed by atoms with Crippen LogP contribution < -0.4 is 0 Å². The SMILES string of the molecule is [O-]/[N+](=N\O)c1ccccc1-c1ccccc1/[N+]([O-])=N/O. The Balaban J connectivity index is 2.70. The molecule has 0 amide bonds. The standard InChI is InChI=1S/C12H10N4O4/c17-13-15(19)11-7-3-1-5-9(11)10-6-2-4-8-12(10)16(20)14-18/h1-8,17-18H/b15-13-,16-14-. The lowest BCUT2D eigenvalue weighted by Crippen LogP contribution is -1.97. The molecule has 0 unspecified atom stereocenters. The molecular weight excluding hydrogens is 264 g/mol. The van der Waals surface area contributed by atoms with Crippen molar-refractivity contribution in [3.05, 3.63) is 58.9 Å². The predicted octanol–water partition coefficient (Wildman–Crippen LogP) is 3.32. The molecule has 0 radical (unpaired) electrons. The molecule has 8 nitrogen and oxygen atoms in total. The lowest BCUT2D eigenvalue weighted by molar-refractivity contribution is -0.475. The van der Waals surface area contributed by atoms with Gasteiger partial charge < -0.3 is 20.8 Å². The molecule has 0 fully saturated rings. The highest BCUT2D eigenvalue weighted by Crippen LogP contribution is 2.35. The first-order valence-corrected chi connectivity index (χ1v) is 5.52. The molecule has 102 valence electrons. The van der Waals surface area contributed by atoms with Crippen LogP contribution in [0.3, 0.4) is 0 Å². The molecule has 8 heteroatoms. The highest BCUT2D eigenvalue weighted by molar-refractivity contribution is 5.80. The summed E-state index contributed by atoms with van der Waals surface area (Å²) in [6.07, 6.45) is 0. The average Bonchev–Trinajstić information content (AvgIpc) is 2.53. The van der Waals surface area contributed by atoms with Crippen LogP contribution in [0.25, 0.3) is 11.1 Å². The quantitative estimate of drug-likeness (QED) is 0.507. The molecule has 2 aromatic carbocycles. The van der Waals surface area contributed by atoms with Gasteiger partial charge in [0.15, 0.2) is 0 Å². The summed E-state index contributed by atoms with van der Waals surface area (Å²) >= 11 is 0. The zero-order valence-electron chi connectivity index (χ0n) is 10.1. The van der Waals surface area contributed by atoms with Gasteiger partial charge in [-0.2, -0.15) is 0 Å². The van der Waals surface area contributed by atoms with Crippen LogP contribution in [0.15, 0.2) is 59.1 Å². The third kappa shape index (κ3) is 2.34. The molecule has 2 aromatic rings. The van der Waals surface area contributed by atoms with E-state index in [1.165, 1.54) is 12.1 Å². The zero-order chi connectivity index (χ0) is 14.5. The minimum Gasteiger partial charge on any atom is -0.592 e. The molecule has 0 spiro atoms. The van der Waals surface area contributed by atoms with Gasteiger partial charge in [0.05, 0.1) is 11.1 Å². The summed E-state index contributed by atoms with van der Waals surface area (Å²) in [5, 5.41) is 45.3. The van der Waals surface area contributed by atoms with Gasteiger partial charge in [0.1, 0.15) is 0 Å². The Morgan fingerprint density at radius 2 is 1.05 bits per heavy atom. The van der Waals surface area contributed by atoms with E-state index in [1.54, 1.807) is 36.4 Å². The van der Waals surface area contributed by atoms with Crippen LogP contribution in [0.4, 0.5) is 11.4 Å². The van der Waals surface area contributed by atoms with Crippen molar-refractivity contribution in [1.82, 2.24) is 0 Å². The van der Waals surface area contributed by atoms with Crippen molar-refractivity contribution in [1.29, 1.82) is 0 Å². The van der Waals surface area contributed by atoms with Crippen LogP contribution >= 0.6 is 0 Å². The molecule has 0 atom stereocenters. The third-order valence-corrected chi connectivity index (χ3v) is 2.67. The second-order valence-electron chi connectivity index (χ2n) is 3.76. The van der Waals surface area contributed by atoms with Crippen LogP contribution in [0.1, 0.15) is 0 Å². The first kappa shape index (κ1) is 13.3. The molecule has 0 aliphatic carbocycles. The number of hydrogen-bond donors (Lipinski definition) is 2. The number of para-hydroxylation sites is 2. The second kappa shape index (κ2) is 5.65. The summed E-state index contributed by atoms with van der Waals surface area (Å²) in [7, 11) is 0. The largest absolute Gasteiger partial charge is 0.592 e. The molecule has 0 bridgehead atoms. The second-order valence-corrected chi connectivity index (χ2v) is 3.76. The molecule has 0 saturated carbocycles. The monoisotopic (exact) mass is 274 g/mol. The molecule has 20 heavy (non-hydrogen) atoms. The molecule has 0 aliphatic heterocycles. The van der Waals surface area contributed by atoms with Crippen molar-refractivity contribution >= 4 is 11.4 Å². The first-order chi connectivity index (χ1) is 9.69. The summed E-state index contributed by atoms with van der Waals surface area (Å²) in [6.45, 7) is 0. The van der Waals surface area contributed by atoms with E-state index in [-0.39, 0.29) is 21.1 Å². The molecule has 2 N–H and O–H groups in total. The topological polar surface area (TPSA) is 117 Å². The smallest absolute Gasteiger partial charge is 0.256 e. The van der Waals surface area contributed by atoms with Gasteiger partial charge in [0.25, 0.3) is 11.4 Å². The fourth-order valence-electron chi connectivity index (χ4n) is 1.83. The van der Waals surface area contributed by atoms with E-state index in [0.29, 0.717) is 11.1 Å². The van der Waals surface area contributed by atoms with E-state index < -0.39 is 0 Å². The average molecular weight is 274 g/mol. The molecule has 0 heterocycles. The van der Waals surface area contributed by atoms with Crippen molar-refractivity contribution in [2.75, 3.05) is 0 Å². The molecule has 0 aliphatic rings. The van der Waals surface area contributed by atoms with Gasteiger partial charge >= 0.3 is 0 Å². The van der Waals surface area contributed by atoms with E-state index in [1.807, 2.05) is 0 Å². The Morgan fingerprint density at radius 3 is 1.40 bits per heavy atom. The van der Waals surface area contributed by atoms with Gasteiger partial charge in [0.2, 0.25) is 10.6 Å². The van der Waals surface area contributed by atoms with Crippen molar-refractivity contribution < 1.29 is 20.1 Å². The third-order valence-electron chi connectivity index (χ3n) is 2.67. The maximum atomic E-state index is 11.5. The predicted molar refractivity (Wildman–Crippen MR) is 66.9 cm³/mol. The Hall–Kier alpha value is -3.16. The Kier molecular flexibility index (Phi) is 3.75. The van der Waals surface area contributed by atoms with E-state index >= 15 is 0 Å². The summed E-state index contributed by atoms with van der Waals surface area (Å²) in [5.74, 6) is 0. The summed E-state index contributed by atoms with van der Waals surface area (Å²) in [5.41, 5.74) is 0.823. The van der Waals surface area contributed by atoms with Crippen LogP contribution in [-0.4, -0.2) is 20.1 Å². The molecule has 0 saturated heterocycles. The fraction of sp³-hybridized carbons (Fsp3) is 0. The van der Waals surface area contributed by atoms with E-state index in [0.717, 1.165) is 0 Å². The van der Waals surface area contributed by atoms with Gasteiger partial charge in [-0.15, -0.1) is 0 Å². The number of rotatable bonds is 3. The van der Waals surface area contributed by atoms with Crippen LogP contribution in [0.5, 0.6) is 0 Å². The molecule has 2 rings (SSSR count). The van der Waals surface area contributed by atoms with Gasteiger partial charge in [-0.05, 0) is 21.9 Å². The van der Waals surface area contributed by atoms with E-state index in [4.69, 9.17) is 10.4 Å². The van der Waals surface area contributed by atoms with Crippen molar-refractivity contribution in [3.63, 3.8) is 0 Å². The zero-order valence-corrected chi connectivity index (χ0v) is 10.1. The Morgan fingerprint density at radius 1 is 0.700 bits per heavy atom. The maximum Gasteiger partial charge on any atom is 0.256 e. The minimum absolute atomic E-state index is 0.0251. The molecule has 0 aromatic heterocycles. The van der Waals surface area contributed by atoms with Crippen molar-refractivity contribution in [3.8, 4) is 11.1 Å². The van der Waals surface area contributed by atoms with Crippen molar-refractivity contribution in [2.24, 2.45) is 10.6 Å².